The van der Waals surface area contributed by atoms with E-state index in [1.807, 2.05) is 37.3 Å². The number of para-hydroxylation sites is 1. The molecule has 1 aliphatic rings. The number of carbonyl (C=O) groups is 2. The van der Waals surface area contributed by atoms with Gasteiger partial charge in [0.25, 0.3) is 11.8 Å². The summed E-state index contributed by atoms with van der Waals surface area (Å²) in [7, 11) is 1.76. The highest BCUT2D eigenvalue weighted by Gasteiger charge is 2.21. The zero-order valence-electron chi connectivity index (χ0n) is 17.2. The molecule has 0 saturated heterocycles. The fourth-order valence-electron chi connectivity index (χ4n) is 3.56. The third-order valence-electron chi connectivity index (χ3n) is 5.41. The summed E-state index contributed by atoms with van der Waals surface area (Å²) in [5.74, 6) is -0.375. The average Bonchev–Trinajstić information content (AvgIpc) is 2.75. The first-order valence-electron chi connectivity index (χ1n) is 10.1. The monoisotopic (exact) mass is 535 g/mol. The summed E-state index contributed by atoms with van der Waals surface area (Å²) in [5, 5.41) is 6.17. The number of aryl methyl sites for hydroxylation is 1. The molecule has 7 heteroatoms. The van der Waals surface area contributed by atoms with Crippen molar-refractivity contribution in [2.45, 2.75) is 45.1 Å². The van der Waals surface area contributed by atoms with Crippen LogP contribution in [0.4, 0.5) is 5.69 Å². The third kappa shape index (κ3) is 5.57. The Hall–Kier alpha value is -2.00. The van der Waals surface area contributed by atoms with Gasteiger partial charge in [0.1, 0.15) is 0 Å². The minimum absolute atomic E-state index is 0.105. The third-order valence-corrected chi connectivity index (χ3v) is 6.95. The van der Waals surface area contributed by atoms with Gasteiger partial charge in [-0.3, -0.25) is 14.9 Å². The second-order valence-electron chi connectivity index (χ2n) is 7.61. The summed E-state index contributed by atoms with van der Waals surface area (Å²) in [6.07, 6.45) is 5.59. The summed E-state index contributed by atoms with van der Waals surface area (Å²) < 4.78 is 1.02. The van der Waals surface area contributed by atoms with Crippen LogP contribution in [-0.2, 0) is 0 Å². The lowest BCUT2D eigenvalue weighted by Gasteiger charge is -2.26. The largest absolute Gasteiger partial charge is 0.349 e. The van der Waals surface area contributed by atoms with Gasteiger partial charge in [0, 0.05) is 22.2 Å². The molecule has 5 nitrogen and oxygen atoms in total. The van der Waals surface area contributed by atoms with E-state index in [4.69, 9.17) is 12.2 Å². The van der Waals surface area contributed by atoms with Crippen molar-refractivity contribution in [2.75, 3.05) is 11.9 Å². The van der Waals surface area contributed by atoms with Gasteiger partial charge in [0.05, 0.1) is 11.3 Å². The summed E-state index contributed by atoms with van der Waals surface area (Å²) in [4.78, 5) is 27.2. The molecule has 2 amide bonds. The minimum atomic E-state index is -0.270. The lowest BCUT2D eigenvalue weighted by Crippen LogP contribution is -2.42. The molecule has 2 aromatic rings. The van der Waals surface area contributed by atoms with Gasteiger partial charge >= 0.3 is 0 Å². The highest BCUT2D eigenvalue weighted by Crippen LogP contribution is 2.22. The highest BCUT2D eigenvalue weighted by atomic mass is 127. The maximum atomic E-state index is 12.9. The maximum absolute atomic E-state index is 12.9. The molecule has 1 saturated carbocycles. The number of thiocarbonyl (C=S) groups is 1. The van der Waals surface area contributed by atoms with Crippen molar-refractivity contribution in [1.29, 1.82) is 0 Å². The fraction of sp³-hybridized carbons (Fsp3) is 0.348. The molecule has 0 radical (unpaired) electrons. The number of nitrogens with zero attached hydrogens (tertiary/aromatic N) is 1. The second kappa shape index (κ2) is 10.3. The van der Waals surface area contributed by atoms with Crippen LogP contribution >= 0.6 is 34.8 Å². The lowest BCUT2D eigenvalue weighted by atomic mass is 9.95. The molecule has 0 aliphatic heterocycles. The highest BCUT2D eigenvalue weighted by molar-refractivity contribution is 14.1. The molecule has 0 unspecified atom stereocenters. The topological polar surface area (TPSA) is 61.4 Å². The molecule has 2 aromatic carbocycles. The maximum Gasteiger partial charge on any atom is 0.257 e. The van der Waals surface area contributed by atoms with Crippen molar-refractivity contribution in [2.24, 2.45) is 0 Å². The number of halogens is 1. The van der Waals surface area contributed by atoms with Crippen LogP contribution < -0.4 is 15.5 Å². The molecule has 1 aliphatic carbocycles. The van der Waals surface area contributed by atoms with Gasteiger partial charge in [-0.25, -0.2) is 0 Å². The Morgan fingerprint density at radius 1 is 1.07 bits per heavy atom. The minimum Gasteiger partial charge on any atom is -0.349 e. The Labute approximate surface area is 196 Å². The van der Waals surface area contributed by atoms with Gasteiger partial charge in [-0.05, 0) is 84.4 Å². The van der Waals surface area contributed by atoms with E-state index < -0.39 is 0 Å². The van der Waals surface area contributed by atoms with Gasteiger partial charge in [-0.1, -0.05) is 37.5 Å². The summed E-state index contributed by atoms with van der Waals surface area (Å²) in [5.41, 5.74) is 2.87. The number of benzene rings is 2. The van der Waals surface area contributed by atoms with E-state index in [0.717, 1.165) is 34.8 Å². The lowest BCUT2D eigenvalue weighted by molar-refractivity contribution is 0.0927. The summed E-state index contributed by atoms with van der Waals surface area (Å²) in [6.45, 7) is 2.00. The van der Waals surface area contributed by atoms with Crippen LogP contribution in [0, 0.1) is 10.5 Å². The first-order chi connectivity index (χ1) is 14.4. The summed E-state index contributed by atoms with van der Waals surface area (Å²) >= 11 is 7.67. The number of anilines is 1. The standard InChI is InChI=1S/C23H26IN3O2S/c1-15-12-13-16(14-19(15)24)21(28)26-23(30)27(2)20-11-7-6-10-18(20)22(29)25-17-8-4-3-5-9-17/h6-7,10-14,17H,3-5,8-9H2,1-2H3,(H,25,29)(H,26,28,30). The number of hydrogen-bond acceptors (Lipinski definition) is 3. The number of hydrogen-bond donors (Lipinski definition) is 2. The van der Waals surface area contributed by atoms with Gasteiger partial charge in [0.15, 0.2) is 5.11 Å². The van der Waals surface area contributed by atoms with E-state index in [1.54, 1.807) is 24.1 Å². The first kappa shape index (κ1) is 22.7. The van der Waals surface area contributed by atoms with E-state index >= 15 is 0 Å². The predicted octanol–water partition coefficient (Wildman–Crippen LogP) is 4.81. The van der Waals surface area contributed by atoms with E-state index in [-0.39, 0.29) is 23.0 Å². The Bertz CT molecular complexity index is 957. The fourth-order valence-corrected chi connectivity index (χ4v) is 4.27. The normalized spacial score (nSPS) is 14.1. The van der Waals surface area contributed by atoms with Crippen LogP contribution in [0.3, 0.4) is 0 Å². The predicted molar refractivity (Wildman–Crippen MR) is 133 cm³/mol. The van der Waals surface area contributed by atoms with Crippen molar-refractivity contribution in [3.05, 3.63) is 62.7 Å². The Morgan fingerprint density at radius 2 is 1.77 bits per heavy atom. The van der Waals surface area contributed by atoms with Gasteiger partial charge in [-0.15, -0.1) is 0 Å². The Balaban J connectivity index is 1.71. The van der Waals surface area contributed by atoms with Crippen molar-refractivity contribution < 1.29 is 9.59 Å². The van der Waals surface area contributed by atoms with E-state index in [1.165, 1.54) is 6.42 Å². The quantitative estimate of drug-likeness (QED) is 0.436. The van der Waals surface area contributed by atoms with Crippen LogP contribution in [0.5, 0.6) is 0 Å². The van der Waals surface area contributed by atoms with Crippen molar-refractivity contribution in [1.82, 2.24) is 10.6 Å². The van der Waals surface area contributed by atoms with Gasteiger partial charge < -0.3 is 10.2 Å². The van der Waals surface area contributed by atoms with Crippen molar-refractivity contribution >= 4 is 57.4 Å². The van der Waals surface area contributed by atoms with Crippen molar-refractivity contribution in [3.8, 4) is 0 Å². The number of amides is 2. The van der Waals surface area contributed by atoms with E-state index in [2.05, 4.69) is 33.2 Å². The average molecular weight is 535 g/mol. The number of rotatable bonds is 4. The molecule has 0 aromatic heterocycles. The molecule has 2 N–H and O–H groups in total. The zero-order valence-corrected chi connectivity index (χ0v) is 20.2. The number of carbonyl (C=O) groups excluding carboxylic acids is 2. The van der Waals surface area contributed by atoms with Crippen LogP contribution in [0.25, 0.3) is 0 Å². The van der Waals surface area contributed by atoms with Gasteiger partial charge in [-0.2, -0.15) is 0 Å². The molecule has 3 rings (SSSR count). The molecule has 0 atom stereocenters. The zero-order chi connectivity index (χ0) is 21.7. The second-order valence-corrected chi connectivity index (χ2v) is 9.16. The SMILES string of the molecule is Cc1ccc(C(=O)NC(=S)N(C)c2ccccc2C(=O)NC2CCCCC2)cc1I. The smallest absolute Gasteiger partial charge is 0.257 e. The molecular formula is C23H26IN3O2S. The molecule has 158 valence electrons. The molecule has 0 heterocycles. The molecule has 1 fully saturated rings. The van der Waals surface area contributed by atoms with Crippen LogP contribution in [0.1, 0.15) is 58.4 Å². The Morgan fingerprint density at radius 3 is 2.47 bits per heavy atom. The van der Waals surface area contributed by atoms with Crippen LogP contribution in [-0.4, -0.2) is 30.0 Å². The van der Waals surface area contributed by atoms with E-state index in [9.17, 15) is 9.59 Å². The number of nitrogens with one attached hydrogen (secondary N) is 2. The molecular weight excluding hydrogens is 509 g/mol. The molecule has 30 heavy (non-hydrogen) atoms. The first-order valence-corrected chi connectivity index (χ1v) is 11.6. The van der Waals surface area contributed by atoms with Crippen LogP contribution in [0.2, 0.25) is 0 Å². The Kier molecular flexibility index (Phi) is 7.82. The van der Waals surface area contributed by atoms with Gasteiger partial charge in [0.2, 0.25) is 0 Å². The van der Waals surface area contributed by atoms with Crippen molar-refractivity contribution in [3.63, 3.8) is 0 Å². The molecule has 0 bridgehead atoms. The molecule has 0 spiro atoms. The van der Waals surface area contributed by atoms with E-state index in [0.29, 0.717) is 16.8 Å². The van der Waals surface area contributed by atoms with Crippen LogP contribution in [0.15, 0.2) is 42.5 Å². The summed E-state index contributed by atoms with van der Waals surface area (Å²) in [6, 6.07) is 13.1.